The predicted molar refractivity (Wildman–Crippen MR) is 88.3 cm³/mol. The van der Waals surface area contributed by atoms with Gasteiger partial charge in [-0.05, 0) is 56.1 Å². The van der Waals surface area contributed by atoms with E-state index in [1.807, 2.05) is 11.9 Å². The molecule has 1 atom stereocenters. The molecule has 1 fully saturated rings. The highest BCUT2D eigenvalue weighted by Gasteiger charge is 2.23. The second-order valence-electron chi connectivity index (χ2n) is 6.85. The number of nitrogens with zero attached hydrogens (tertiary/aromatic N) is 2. The Morgan fingerprint density at radius 2 is 2.09 bits per heavy atom. The summed E-state index contributed by atoms with van der Waals surface area (Å²) >= 11 is 0. The van der Waals surface area contributed by atoms with Gasteiger partial charge in [-0.25, -0.2) is 0 Å². The minimum absolute atomic E-state index is 0.195. The van der Waals surface area contributed by atoms with Crippen molar-refractivity contribution in [1.82, 2.24) is 15.1 Å². The highest BCUT2D eigenvalue weighted by Crippen LogP contribution is 2.23. The van der Waals surface area contributed by atoms with Crippen molar-refractivity contribution in [2.75, 3.05) is 27.2 Å². The minimum Gasteiger partial charge on any atom is -0.341 e. The average molecular weight is 301 g/mol. The molecule has 2 aliphatic rings. The van der Waals surface area contributed by atoms with Crippen molar-refractivity contribution in [2.45, 2.75) is 38.9 Å². The van der Waals surface area contributed by atoms with Crippen LogP contribution in [0.4, 0.5) is 0 Å². The zero-order valence-corrected chi connectivity index (χ0v) is 13.8. The van der Waals surface area contributed by atoms with E-state index >= 15 is 0 Å². The van der Waals surface area contributed by atoms with Crippen LogP contribution in [0.1, 0.15) is 36.0 Å². The van der Waals surface area contributed by atoms with E-state index in [9.17, 15) is 4.79 Å². The molecule has 0 spiro atoms. The molecule has 2 heterocycles. The molecule has 1 aromatic rings. The number of hydrogen-bond donors (Lipinski definition) is 1. The molecule has 0 bridgehead atoms. The van der Waals surface area contributed by atoms with Gasteiger partial charge in [0.1, 0.15) is 0 Å². The molecule has 0 radical (unpaired) electrons. The maximum Gasteiger partial charge on any atom is 0.225 e. The number of carbonyl (C=O) groups is 1. The summed E-state index contributed by atoms with van der Waals surface area (Å²) in [4.78, 5) is 16.9. The Labute approximate surface area is 133 Å². The van der Waals surface area contributed by atoms with Crippen molar-refractivity contribution in [3.63, 3.8) is 0 Å². The van der Waals surface area contributed by atoms with E-state index in [-0.39, 0.29) is 5.92 Å². The van der Waals surface area contributed by atoms with Crippen LogP contribution in [0, 0.1) is 5.92 Å². The quantitative estimate of drug-likeness (QED) is 0.927. The molecule has 2 aliphatic heterocycles. The van der Waals surface area contributed by atoms with Gasteiger partial charge in [-0.3, -0.25) is 9.69 Å². The third kappa shape index (κ3) is 3.50. The molecule has 1 amide bonds. The van der Waals surface area contributed by atoms with Gasteiger partial charge in [0.25, 0.3) is 0 Å². The summed E-state index contributed by atoms with van der Waals surface area (Å²) in [6.07, 6.45) is 3.10. The van der Waals surface area contributed by atoms with Crippen LogP contribution in [0.25, 0.3) is 0 Å². The zero-order valence-electron chi connectivity index (χ0n) is 13.8. The molecule has 0 unspecified atom stereocenters. The lowest BCUT2D eigenvalue weighted by Gasteiger charge is -2.23. The van der Waals surface area contributed by atoms with E-state index in [4.69, 9.17) is 0 Å². The normalized spacial score (nSPS) is 22.2. The third-order valence-electron chi connectivity index (χ3n) is 4.87. The van der Waals surface area contributed by atoms with Gasteiger partial charge in [-0.1, -0.05) is 18.2 Å². The summed E-state index contributed by atoms with van der Waals surface area (Å²) in [6, 6.07) is 6.68. The van der Waals surface area contributed by atoms with E-state index in [1.54, 1.807) is 0 Å². The largest absolute Gasteiger partial charge is 0.341 e. The standard InChI is InChI=1S/C18H27N3O/c1-20-12-16-6-5-14(10-17(16)13-20)11-21(2)18(22)15-4-3-8-19-9-7-15/h5-6,10,15,19H,3-4,7-9,11-13H2,1-2H3/t15-/m0/s1. The smallest absolute Gasteiger partial charge is 0.225 e. The SMILES string of the molecule is CN1Cc2ccc(CN(C)C(=O)[C@H]3CCCNCC3)cc2C1. The summed E-state index contributed by atoms with van der Waals surface area (Å²) in [5, 5.41) is 3.38. The second-order valence-corrected chi connectivity index (χ2v) is 6.85. The Hall–Kier alpha value is -1.39. The number of benzene rings is 1. The lowest BCUT2D eigenvalue weighted by Crippen LogP contribution is -2.33. The van der Waals surface area contributed by atoms with Crippen LogP contribution in [0.3, 0.4) is 0 Å². The molecule has 4 heteroatoms. The van der Waals surface area contributed by atoms with Crippen molar-refractivity contribution in [3.05, 3.63) is 34.9 Å². The molecule has 3 rings (SSSR count). The van der Waals surface area contributed by atoms with E-state index in [0.717, 1.165) is 52.0 Å². The molecular formula is C18H27N3O. The summed E-state index contributed by atoms with van der Waals surface area (Å²) in [5.41, 5.74) is 4.09. The summed E-state index contributed by atoms with van der Waals surface area (Å²) in [7, 11) is 4.09. The Morgan fingerprint density at radius 1 is 1.27 bits per heavy atom. The number of hydrogen-bond acceptors (Lipinski definition) is 3. The van der Waals surface area contributed by atoms with E-state index in [0.29, 0.717) is 5.91 Å². The number of amides is 1. The third-order valence-corrected chi connectivity index (χ3v) is 4.87. The van der Waals surface area contributed by atoms with Gasteiger partial charge in [-0.15, -0.1) is 0 Å². The fourth-order valence-electron chi connectivity index (χ4n) is 3.65. The molecule has 0 aromatic heterocycles. The number of fused-ring (bicyclic) bond motifs is 1. The van der Waals surface area contributed by atoms with Crippen LogP contribution in [-0.4, -0.2) is 42.9 Å². The van der Waals surface area contributed by atoms with E-state index in [2.05, 4.69) is 35.5 Å². The molecular weight excluding hydrogens is 274 g/mol. The average Bonchev–Trinajstić information content (AvgIpc) is 2.71. The van der Waals surface area contributed by atoms with Gasteiger partial charge in [0, 0.05) is 32.6 Å². The molecule has 0 saturated carbocycles. The maximum absolute atomic E-state index is 12.6. The van der Waals surface area contributed by atoms with Crippen LogP contribution in [0.5, 0.6) is 0 Å². The number of rotatable bonds is 3. The summed E-state index contributed by atoms with van der Waals surface area (Å²) in [5.74, 6) is 0.502. The van der Waals surface area contributed by atoms with Gasteiger partial charge >= 0.3 is 0 Å². The van der Waals surface area contributed by atoms with Crippen molar-refractivity contribution in [3.8, 4) is 0 Å². The fourth-order valence-corrected chi connectivity index (χ4v) is 3.65. The van der Waals surface area contributed by atoms with Gasteiger partial charge in [0.05, 0.1) is 0 Å². The summed E-state index contributed by atoms with van der Waals surface area (Å²) < 4.78 is 0. The zero-order chi connectivity index (χ0) is 15.5. The van der Waals surface area contributed by atoms with Gasteiger partial charge in [-0.2, -0.15) is 0 Å². The summed E-state index contributed by atoms with van der Waals surface area (Å²) in [6.45, 7) is 4.80. The second kappa shape index (κ2) is 6.80. The monoisotopic (exact) mass is 301 g/mol. The first-order chi connectivity index (χ1) is 10.6. The van der Waals surface area contributed by atoms with Crippen LogP contribution in [0.15, 0.2) is 18.2 Å². The molecule has 1 saturated heterocycles. The van der Waals surface area contributed by atoms with E-state index < -0.39 is 0 Å². The molecule has 120 valence electrons. The molecule has 1 N–H and O–H groups in total. The maximum atomic E-state index is 12.6. The number of nitrogens with one attached hydrogen (secondary N) is 1. The Kier molecular flexibility index (Phi) is 4.79. The molecule has 0 aliphatic carbocycles. The van der Waals surface area contributed by atoms with Gasteiger partial charge in [0.15, 0.2) is 0 Å². The molecule has 4 nitrogen and oxygen atoms in total. The van der Waals surface area contributed by atoms with Crippen molar-refractivity contribution in [1.29, 1.82) is 0 Å². The van der Waals surface area contributed by atoms with Crippen molar-refractivity contribution >= 4 is 5.91 Å². The minimum atomic E-state index is 0.195. The Morgan fingerprint density at radius 3 is 2.95 bits per heavy atom. The highest BCUT2D eigenvalue weighted by atomic mass is 16.2. The lowest BCUT2D eigenvalue weighted by atomic mass is 9.98. The lowest BCUT2D eigenvalue weighted by molar-refractivity contribution is -0.135. The van der Waals surface area contributed by atoms with Crippen molar-refractivity contribution < 1.29 is 4.79 Å². The first-order valence-corrected chi connectivity index (χ1v) is 8.38. The van der Waals surface area contributed by atoms with Gasteiger partial charge in [0.2, 0.25) is 5.91 Å². The fraction of sp³-hybridized carbons (Fsp3) is 0.611. The van der Waals surface area contributed by atoms with Crippen LogP contribution < -0.4 is 5.32 Å². The molecule has 22 heavy (non-hydrogen) atoms. The van der Waals surface area contributed by atoms with E-state index in [1.165, 1.54) is 16.7 Å². The highest BCUT2D eigenvalue weighted by molar-refractivity contribution is 5.78. The van der Waals surface area contributed by atoms with Crippen LogP contribution >= 0.6 is 0 Å². The predicted octanol–water partition coefficient (Wildman–Crippen LogP) is 1.98. The van der Waals surface area contributed by atoms with Crippen LogP contribution in [0.2, 0.25) is 0 Å². The van der Waals surface area contributed by atoms with Gasteiger partial charge < -0.3 is 10.2 Å². The first kappa shape index (κ1) is 15.5. The molecule has 1 aromatic carbocycles. The van der Waals surface area contributed by atoms with Crippen molar-refractivity contribution in [2.24, 2.45) is 5.92 Å². The first-order valence-electron chi connectivity index (χ1n) is 8.38. The Balaban J connectivity index is 1.62. The Bertz CT molecular complexity index is 535. The number of carbonyl (C=O) groups excluding carboxylic acids is 1. The van der Waals surface area contributed by atoms with Crippen LogP contribution in [-0.2, 0) is 24.4 Å². The topological polar surface area (TPSA) is 35.6 Å².